The third-order valence-electron chi connectivity index (χ3n) is 4.26. The first kappa shape index (κ1) is 9.51. The summed E-state index contributed by atoms with van der Waals surface area (Å²) in [5.41, 5.74) is 0. The molecule has 1 nitrogen and oxygen atoms in total. The highest BCUT2D eigenvalue weighted by molar-refractivity contribution is 4.87. The molecule has 1 heteroatoms. The summed E-state index contributed by atoms with van der Waals surface area (Å²) in [6, 6.07) is 1.70. The highest BCUT2D eigenvalue weighted by Gasteiger charge is 2.29. The summed E-state index contributed by atoms with van der Waals surface area (Å²) in [7, 11) is 0. The number of rotatable bonds is 2. The van der Waals surface area contributed by atoms with Crippen LogP contribution in [0.25, 0.3) is 0 Å². The Morgan fingerprint density at radius 1 is 0.923 bits per heavy atom. The van der Waals surface area contributed by atoms with Gasteiger partial charge in [0.25, 0.3) is 0 Å². The van der Waals surface area contributed by atoms with Gasteiger partial charge in [-0.1, -0.05) is 33.1 Å². The molecule has 0 bridgehead atoms. The molecule has 3 atom stereocenters. The minimum absolute atomic E-state index is 0.828. The van der Waals surface area contributed by atoms with Crippen LogP contribution in [0, 0.1) is 11.8 Å². The van der Waals surface area contributed by atoms with Crippen LogP contribution in [0.2, 0.25) is 0 Å². The summed E-state index contributed by atoms with van der Waals surface area (Å²) in [6.45, 7) is 4.85. The van der Waals surface area contributed by atoms with Crippen molar-refractivity contribution in [2.45, 2.75) is 64.5 Å². The third-order valence-corrected chi connectivity index (χ3v) is 4.26. The van der Waals surface area contributed by atoms with Gasteiger partial charge in [0.2, 0.25) is 0 Å². The Balaban J connectivity index is 1.82. The number of hydrogen-bond donors (Lipinski definition) is 1. The minimum Gasteiger partial charge on any atom is -0.311 e. The second kappa shape index (κ2) is 4.00. The lowest BCUT2D eigenvalue weighted by Crippen LogP contribution is -2.48. The van der Waals surface area contributed by atoms with E-state index in [9.17, 15) is 0 Å². The number of nitrogens with one attached hydrogen (secondary N) is 1. The molecular formula is C12H23N. The first-order chi connectivity index (χ1) is 6.27. The van der Waals surface area contributed by atoms with Crippen molar-refractivity contribution in [3.8, 4) is 0 Å². The van der Waals surface area contributed by atoms with Gasteiger partial charge in [0, 0.05) is 12.1 Å². The summed E-state index contributed by atoms with van der Waals surface area (Å²) in [6.07, 6.45) is 8.62. The fourth-order valence-electron chi connectivity index (χ4n) is 2.69. The summed E-state index contributed by atoms with van der Waals surface area (Å²) in [5.74, 6) is 1.83. The van der Waals surface area contributed by atoms with E-state index >= 15 is 0 Å². The van der Waals surface area contributed by atoms with Crippen LogP contribution in [0.3, 0.4) is 0 Å². The van der Waals surface area contributed by atoms with E-state index in [0.29, 0.717) is 0 Å². The SMILES string of the molecule is C[C@H]1[C@H](C)CCC[C@@H]1NC1CCC1. The molecule has 0 aliphatic heterocycles. The van der Waals surface area contributed by atoms with Crippen LogP contribution in [-0.2, 0) is 0 Å². The van der Waals surface area contributed by atoms with Crippen molar-refractivity contribution in [2.75, 3.05) is 0 Å². The largest absolute Gasteiger partial charge is 0.311 e. The molecule has 0 radical (unpaired) electrons. The molecule has 2 rings (SSSR count). The summed E-state index contributed by atoms with van der Waals surface area (Å²) >= 11 is 0. The maximum Gasteiger partial charge on any atom is 0.00978 e. The normalized spacial score (nSPS) is 41.5. The fourth-order valence-corrected chi connectivity index (χ4v) is 2.69. The second-order valence-electron chi connectivity index (χ2n) is 5.17. The quantitative estimate of drug-likeness (QED) is 0.690. The smallest absolute Gasteiger partial charge is 0.00978 e. The van der Waals surface area contributed by atoms with E-state index < -0.39 is 0 Å². The number of hydrogen-bond acceptors (Lipinski definition) is 1. The molecule has 13 heavy (non-hydrogen) atoms. The Bertz CT molecular complexity index is 163. The standard InChI is InChI=1S/C12H23N/c1-9-5-3-8-12(10(9)2)13-11-6-4-7-11/h9-13H,3-8H2,1-2H3/t9-,10+,12+/m1/s1. The van der Waals surface area contributed by atoms with Gasteiger partial charge in [-0.2, -0.15) is 0 Å². The second-order valence-corrected chi connectivity index (χ2v) is 5.17. The van der Waals surface area contributed by atoms with E-state index in [1.807, 2.05) is 0 Å². The molecular weight excluding hydrogens is 158 g/mol. The predicted octanol–water partition coefficient (Wildman–Crippen LogP) is 2.95. The molecule has 2 fully saturated rings. The van der Waals surface area contributed by atoms with E-state index in [2.05, 4.69) is 19.2 Å². The lowest BCUT2D eigenvalue weighted by atomic mass is 9.77. The van der Waals surface area contributed by atoms with Crippen molar-refractivity contribution in [3.05, 3.63) is 0 Å². The van der Waals surface area contributed by atoms with Crippen molar-refractivity contribution < 1.29 is 0 Å². The van der Waals surface area contributed by atoms with E-state index in [4.69, 9.17) is 0 Å². The highest BCUT2D eigenvalue weighted by atomic mass is 15.0. The third kappa shape index (κ3) is 2.07. The topological polar surface area (TPSA) is 12.0 Å². The highest BCUT2D eigenvalue weighted by Crippen LogP contribution is 2.31. The predicted molar refractivity (Wildman–Crippen MR) is 56.7 cm³/mol. The Morgan fingerprint density at radius 3 is 2.23 bits per heavy atom. The lowest BCUT2D eigenvalue weighted by Gasteiger charge is -2.39. The van der Waals surface area contributed by atoms with Gasteiger partial charge in [-0.3, -0.25) is 0 Å². The first-order valence-corrected chi connectivity index (χ1v) is 6.03. The Labute approximate surface area is 82.3 Å². The Morgan fingerprint density at radius 2 is 1.62 bits per heavy atom. The summed E-state index contributed by atoms with van der Waals surface area (Å²) in [5, 5.41) is 3.84. The fraction of sp³-hybridized carbons (Fsp3) is 1.00. The van der Waals surface area contributed by atoms with Crippen molar-refractivity contribution in [1.29, 1.82) is 0 Å². The molecule has 0 aromatic heterocycles. The maximum absolute atomic E-state index is 3.84. The van der Waals surface area contributed by atoms with E-state index in [0.717, 1.165) is 23.9 Å². The van der Waals surface area contributed by atoms with Crippen LogP contribution in [-0.4, -0.2) is 12.1 Å². The van der Waals surface area contributed by atoms with Gasteiger partial charge in [0.15, 0.2) is 0 Å². The van der Waals surface area contributed by atoms with Gasteiger partial charge < -0.3 is 5.32 Å². The van der Waals surface area contributed by atoms with Crippen LogP contribution in [0.4, 0.5) is 0 Å². The van der Waals surface area contributed by atoms with E-state index in [1.54, 1.807) is 0 Å². The molecule has 2 aliphatic carbocycles. The van der Waals surface area contributed by atoms with Crippen LogP contribution in [0.5, 0.6) is 0 Å². The summed E-state index contributed by atoms with van der Waals surface area (Å²) < 4.78 is 0. The van der Waals surface area contributed by atoms with Gasteiger partial charge >= 0.3 is 0 Å². The lowest BCUT2D eigenvalue weighted by molar-refractivity contribution is 0.172. The van der Waals surface area contributed by atoms with Crippen molar-refractivity contribution >= 4 is 0 Å². The Kier molecular flexibility index (Phi) is 2.92. The van der Waals surface area contributed by atoms with Crippen LogP contribution in [0.15, 0.2) is 0 Å². The average molecular weight is 181 g/mol. The molecule has 76 valence electrons. The van der Waals surface area contributed by atoms with Crippen molar-refractivity contribution in [1.82, 2.24) is 5.32 Å². The average Bonchev–Trinajstić information content (AvgIpc) is 2.04. The molecule has 0 unspecified atom stereocenters. The maximum atomic E-state index is 3.84. The molecule has 0 aromatic rings. The molecule has 0 spiro atoms. The molecule has 0 saturated heterocycles. The molecule has 1 N–H and O–H groups in total. The van der Waals surface area contributed by atoms with Crippen LogP contribution < -0.4 is 5.32 Å². The van der Waals surface area contributed by atoms with Gasteiger partial charge in [-0.15, -0.1) is 0 Å². The van der Waals surface area contributed by atoms with E-state index in [1.165, 1.54) is 38.5 Å². The summed E-state index contributed by atoms with van der Waals surface area (Å²) in [4.78, 5) is 0. The van der Waals surface area contributed by atoms with Crippen LogP contribution >= 0.6 is 0 Å². The van der Waals surface area contributed by atoms with Crippen LogP contribution in [0.1, 0.15) is 52.4 Å². The van der Waals surface area contributed by atoms with Gasteiger partial charge in [-0.25, -0.2) is 0 Å². The van der Waals surface area contributed by atoms with E-state index in [-0.39, 0.29) is 0 Å². The van der Waals surface area contributed by atoms with Gasteiger partial charge in [-0.05, 0) is 31.1 Å². The van der Waals surface area contributed by atoms with Crippen molar-refractivity contribution in [2.24, 2.45) is 11.8 Å². The Hall–Kier alpha value is -0.0400. The molecule has 0 aromatic carbocycles. The minimum atomic E-state index is 0.828. The molecule has 2 saturated carbocycles. The zero-order chi connectivity index (χ0) is 9.26. The molecule has 0 amide bonds. The monoisotopic (exact) mass is 181 g/mol. The van der Waals surface area contributed by atoms with Gasteiger partial charge in [0.05, 0.1) is 0 Å². The van der Waals surface area contributed by atoms with Gasteiger partial charge in [0.1, 0.15) is 0 Å². The molecule has 2 aliphatic rings. The first-order valence-electron chi connectivity index (χ1n) is 6.03. The zero-order valence-corrected chi connectivity index (χ0v) is 9.05. The van der Waals surface area contributed by atoms with Crippen molar-refractivity contribution in [3.63, 3.8) is 0 Å². The molecule has 0 heterocycles. The zero-order valence-electron chi connectivity index (χ0n) is 9.05.